The first-order valence-corrected chi connectivity index (χ1v) is 5.46. The van der Waals surface area contributed by atoms with Crippen LogP contribution in [0.25, 0.3) is 0 Å². The van der Waals surface area contributed by atoms with E-state index in [1.54, 1.807) is 0 Å². The van der Waals surface area contributed by atoms with Crippen molar-refractivity contribution in [3.8, 4) is 0 Å². The summed E-state index contributed by atoms with van der Waals surface area (Å²) in [6, 6.07) is -1.06. The molecule has 7 heteroatoms. The van der Waals surface area contributed by atoms with Crippen molar-refractivity contribution in [3.05, 3.63) is 0 Å². The molecule has 17 heavy (non-hydrogen) atoms. The largest absolute Gasteiger partial charge is 0.481 e. The van der Waals surface area contributed by atoms with Gasteiger partial charge in [-0.3, -0.25) is 9.59 Å². The van der Waals surface area contributed by atoms with Crippen LogP contribution < -0.4 is 11.1 Å². The van der Waals surface area contributed by atoms with Crippen LogP contribution in [0.1, 0.15) is 19.8 Å². The normalized spacial score (nSPS) is 20.9. The molecule has 1 heterocycles. The van der Waals surface area contributed by atoms with Gasteiger partial charge < -0.3 is 26.0 Å². The summed E-state index contributed by atoms with van der Waals surface area (Å²) in [6.45, 7) is 4.98. The van der Waals surface area contributed by atoms with Gasteiger partial charge in [-0.2, -0.15) is 0 Å². The second kappa shape index (κ2) is 8.91. The molecule has 1 aliphatic heterocycles. The van der Waals surface area contributed by atoms with Gasteiger partial charge in [0.15, 0.2) is 0 Å². The van der Waals surface area contributed by atoms with Crippen LogP contribution in [0.3, 0.4) is 0 Å². The Kier molecular flexibility index (Phi) is 8.29. The summed E-state index contributed by atoms with van der Waals surface area (Å²) in [5.41, 5.74) is 5.00. The van der Waals surface area contributed by atoms with E-state index in [4.69, 9.17) is 20.7 Å². The predicted octanol–water partition coefficient (Wildman–Crippen LogP) is -0.742. The molecule has 0 aliphatic carbocycles. The lowest BCUT2D eigenvalue weighted by molar-refractivity contribution is -0.139. The Morgan fingerprint density at radius 1 is 1.53 bits per heavy atom. The third-order valence-corrected chi connectivity index (χ3v) is 2.10. The van der Waals surface area contributed by atoms with Crippen LogP contribution in [-0.2, 0) is 14.3 Å². The molecule has 1 saturated heterocycles. The molecule has 0 aromatic heterocycles. The Balaban J connectivity index is 0.000000318. The summed E-state index contributed by atoms with van der Waals surface area (Å²) in [6.07, 6.45) is 0.201. The number of ether oxygens (including phenoxy) is 1. The molecule has 2 atom stereocenters. The van der Waals surface area contributed by atoms with E-state index >= 15 is 0 Å². The quantitative estimate of drug-likeness (QED) is 0.516. The fourth-order valence-electron chi connectivity index (χ4n) is 1.10. The number of carboxylic acid groups (broad SMARTS) is 2. The van der Waals surface area contributed by atoms with Crippen molar-refractivity contribution in [3.63, 3.8) is 0 Å². The van der Waals surface area contributed by atoms with E-state index in [0.29, 0.717) is 6.10 Å². The molecule has 0 radical (unpaired) electrons. The van der Waals surface area contributed by atoms with Gasteiger partial charge in [0.2, 0.25) is 0 Å². The van der Waals surface area contributed by atoms with E-state index in [9.17, 15) is 9.59 Å². The Labute approximate surface area is 99.9 Å². The molecule has 1 aliphatic rings. The fraction of sp³-hybridized carbons (Fsp3) is 0.800. The summed E-state index contributed by atoms with van der Waals surface area (Å²) in [5, 5.41) is 19.5. The molecule has 0 amide bonds. The number of nitrogens with two attached hydrogens (primary N) is 1. The number of morpholine rings is 1. The maximum Gasteiger partial charge on any atom is 0.320 e. The number of nitrogens with one attached hydrogen (secondary N) is 1. The van der Waals surface area contributed by atoms with Gasteiger partial charge in [0, 0.05) is 19.5 Å². The van der Waals surface area contributed by atoms with Gasteiger partial charge in [-0.05, 0) is 13.3 Å². The maximum atomic E-state index is 9.99. The van der Waals surface area contributed by atoms with Crippen molar-refractivity contribution in [1.82, 2.24) is 5.32 Å². The second-order valence-electron chi connectivity index (χ2n) is 3.76. The molecule has 2 unspecified atom stereocenters. The van der Waals surface area contributed by atoms with Crippen LogP contribution in [0.5, 0.6) is 0 Å². The zero-order valence-corrected chi connectivity index (χ0v) is 9.89. The van der Waals surface area contributed by atoms with Crippen LogP contribution in [0.4, 0.5) is 0 Å². The summed E-state index contributed by atoms with van der Waals surface area (Å²) in [4.78, 5) is 19.9. The molecule has 0 spiro atoms. The van der Waals surface area contributed by atoms with E-state index in [0.717, 1.165) is 19.7 Å². The first kappa shape index (κ1) is 15.8. The third kappa shape index (κ3) is 9.73. The van der Waals surface area contributed by atoms with Gasteiger partial charge in [0.25, 0.3) is 0 Å². The minimum Gasteiger partial charge on any atom is -0.481 e. The van der Waals surface area contributed by atoms with Crippen LogP contribution >= 0.6 is 0 Å². The van der Waals surface area contributed by atoms with Crippen LogP contribution in [0, 0.1) is 0 Å². The van der Waals surface area contributed by atoms with Gasteiger partial charge in [-0.25, -0.2) is 0 Å². The average Bonchev–Trinajstić information content (AvgIpc) is 2.27. The number of aliphatic carboxylic acids is 2. The Hall–Kier alpha value is -1.18. The summed E-state index contributed by atoms with van der Waals surface area (Å²) < 4.78 is 5.22. The minimum absolute atomic E-state index is 0.0231. The lowest BCUT2D eigenvalue weighted by Crippen LogP contribution is -2.36. The van der Waals surface area contributed by atoms with Crippen molar-refractivity contribution in [2.24, 2.45) is 5.73 Å². The first-order valence-electron chi connectivity index (χ1n) is 5.46. The van der Waals surface area contributed by atoms with Crippen molar-refractivity contribution < 1.29 is 24.5 Å². The first-order chi connectivity index (χ1) is 7.93. The Bertz CT molecular complexity index is 241. The summed E-state index contributed by atoms with van der Waals surface area (Å²) >= 11 is 0. The molecule has 0 aromatic rings. The van der Waals surface area contributed by atoms with Gasteiger partial charge in [0.1, 0.15) is 6.04 Å². The summed E-state index contributed by atoms with van der Waals surface area (Å²) in [7, 11) is 0. The summed E-state index contributed by atoms with van der Waals surface area (Å²) in [5.74, 6) is -2.20. The molecule has 0 aromatic carbocycles. The predicted molar refractivity (Wildman–Crippen MR) is 60.8 cm³/mol. The van der Waals surface area contributed by atoms with Gasteiger partial charge in [-0.15, -0.1) is 0 Å². The molecule has 1 rings (SSSR count). The topological polar surface area (TPSA) is 122 Å². The highest BCUT2D eigenvalue weighted by Gasteiger charge is 2.12. The van der Waals surface area contributed by atoms with E-state index in [1.165, 1.54) is 0 Å². The fourth-order valence-corrected chi connectivity index (χ4v) is 1.10. The standard InChI is InChI=1S/C5H9NO4.C5H11NO/c6-3(5(9)10)1-2-4(7)8;1-5-4-6-2-3-7-5/h3H,1-2,6H2,(H,7,8)(H,9,10);5-6H,2-4H2,1H3. The van der Waals surface area contributed by atoms with Gasteiger partial charge in [-0.1, -0.05) is 0 Å². The average molecular weight is 248 g/mol. The van der Waals surface area contributed by atoms with Gasteiger partial charge >= 0.3 is 11.9 Å². The van der Waals surface area contributed by atoms with Crippen LogP contribution in [0.2, 0.25) is 0 Å². The lowest BCUT2D eigenvalue weighted by atomic mass is 10.2. The molecule has 1 fully saturated rings. The monoisotopic (exact) mass is 248 g/mol. The SMILES string of the molecule is CC1CNCCO1.NC(CCC(=O)O)C(=O)O. The highest BCUT2D eigenvalue weighted by molar-refractivity contribution is 5.74. The highest BCUT2D eigenvalue weighted by Crippen LogP contribution is 1.93. The number of hydrogen-bond acceptors (Lipinski definition) is 5. The molecular weight excluding hydrogens is 228 g/mol. The third-order valence-electron chi connectivity index (χ3n) is 2.10. The Morgan fingerprint density at radius 3 is 2.47 bits per heavy atom. The molecule has 0 bridgehead atoms. The van der Waals surface area contributed by atoms with Crippen molar-refractivity contribution >= 4 is 11.9 Å². The maximum absolute atomic E-state index is 9.99. The molecule has 5 N–H and O–H groups in total. The smallest absolute Gasteiger partial charge is 0.320 e. The number of rotatable bonds is 4. The van der Waals surface area contributed by atoms with E-state index in [1.807, 2.05) is 0 Å². The molecule has 0 saturated carbocycles. The number of carbonyl (C=O) groups is 2. The zero-order chi connectivity index (χ0) is 13.3. The second-order valence-corrected chi connectivity index (χ2v) is 3.76. The lowest BCUT2D eigenvalue weighted by Gasteiger charge is -2.18. The highest BCUT2D eigenvalue weighted by atomic mass is 16.5. The number of hydrogen-bond donors (Lipinski definition) is 4. The van der Waals surface area contributed by atoms with E-state index in [-0.39, 0.29) is 12.8 Å². The van der Waals surface area contributed by atoms with Crippen LogP contribution in [-0.4, -0.2) is 54.0 Å². The molecule has 7 nitrogen and oxygen atoms in total. The van der Waals surface area contributed by atoms with Crippen LogP contribution in [0.15, 0.2) is 0 Å². The van der Waals surface area contributed by atoms with Crippen molar-refractivity contribution in [2.45, 2.75) is 31.9 Å². The van der Waals surface area contributed by atoms with Crippen molar-refractivity contribution in [2.75, 3.05) is 19.7 Å². The van der Waals surface area contributed by atoms with Gasteiger partial charge in [0.05, 0.1) is 12.7 Å². The molecule has 100 valence electrons. The van der Waals surface area contributed by atoms with E-state index in [2.05, 4.69) is 12.2 Å². The van der Waals surface area contributed by atoms with Crippen molar-refractivity contribution in [1.29, 1.82) is 0 Å². The van der Waals surface area contributed by atoms with E-state index < -0.39 is 18.0 Å². The Morgan fingerprint density at radius 2 is 2.18 bits per heavy atom. The molecular formula is C10H20N2O5. The number of carboxylic acids is 2. The minimum atomic E-state index is -1.17. The zero-order valence-electron chi connectivity index (χ0n) is 9.89.